The number of pyridine rings is 1. The Morgan fingerprint density at radius 1 is 1.09 bits per heavy atom. The number of ether oxygens (including phenoxy) is 1. The molecule has 3 aromatic rings. The Morgan fingerprint density at radius 3 is 2.70 bits per heavy atom. The van der Waals surface area contributed by atoms with Gasteiger partial charge in [-0.25, -0.2) is 4.98 Å². The van der Waals surface area contributed by atoms with E-state index in [0.29, 0.717) is 40.9 Å². The van der Waals surface area contributed by atoms with E-state index in [4.69, 9.17) is 27.2 Å². The number of rotatable bonds is 4. The molecule has 1 aromatic heterocycles. The minimum Gasteiger partial charge on any atom is -0.439 e. The number of benzene rings is 2. The van der Waals surface area contributed by atoms with Crippen LogP contribution < -0.4 is 10.6 Å². The number of aliphatic imine (C=N–C) groups is 2. The molecule has 0 spiro atoms. The van der Waals surface area contributed by atoms with Crippen LogP contribution in [0.1, 0.15) is 18.4 Å². The predicted molar refractivity (Wildman–Crippen MR) is 128 cm³/mol. The molecule has 164 valence electrons. The van der Waals surface area contributed by atoms with E-state index in [-0.39, 0.29) is 16.6 Å². The van der Waals surface area contributed by atoms with Gasteiger partial charge in [0.25, 0.3) is 5.84 Å². The van der Waals surface area contributed by atoms with E-state index in [0.717, 1.165) is 22.3 Å². The van der Waals surface area contributed by atoms with Crippen molar-refractivity contribution in [1.82, 2.24) is 4.98 Å². The summed E-state index contributed by atoms with van der Waals surface area (Å²) in [6, 6.07) is 17.0. The molecule has 3 heterocycles. The Labute approximate surface area is 195 Å². The van der Waals surface area contributed by atoms with E-state index in [1.54, 1.807) is 18.6 Å². The van der Waals surface area contributed by atoms with E-state index >= 15 is 0 Å². The van der Waals surface area contributed by atoms with Gasteiger partial charge in [0.1, 0.15) is 17.6 Å². The van der Waals surface area contributed by atoms with Crippen LogP contribution in [-0.4, -0.2) is 32.8 Å². The first kappa shape index (κ1) is 20.3. The van der Waals surface area contributed by atoms with Gasteiger partial charge in [-0.2, -0.15) is 10.8 Å². The second kappa shape index (κ2) is 7.60. The first-order valence-corrected chi connectivity index (χ1v) is 11.1. The first-order valence-electron chi connectivity index (χ1n) is 10.7. The molecular weight excluding hydrogens is 438 g/mol. The maximum absolute atomic E-state index is 9.82. The fraction of sp³-hybridized carbons (Fsp3) is 0.160. The molecule has 1 atom stereocenters. The topological polar surface area (TPSA) is 93.1 Å². The van der Waals surface area contributed by atoms with Gasteiger partial charge in [0, 0.05) is 17.4 Å². The number of quaternary nitrogens is 1. The third-order valence-corrected chi connectivity index (χ3v) is 6.59. The number of amidine groups is 1. The molecule has 1 saturated carbocycles. The monoisotopic (exact) mass is 458 g/mol. The van der Waals surface area contributed by atoms with E-state index in [1.165, 1.54) is 0 Å². The molecule has 0 saturated heterocycles. The molecule has 1 aliphatic carbocycles. The van der Waals surface area contributed by atoms with Gasteiger partial charge in [0.15, 0.2) is 0 Å². The third kappa shape index (κ3) is 3.37. The number of nitrogens with two attached hydrogens (primary N) is 1. The molecule has 0 amide bonds. The largest absolute Gasteiger partial charge is 0.439 e. The Balaban J connectivity index is 1.42. The number of hydrogen-bond donors (Lipinski definition) is 2. The summed E-state index contributed by atoms with van der Waals surface area (Å²) in [4.78, 5) is 13.9. The molecule has 6 rings (SSSR count). The molecule has 0 bridgehead atoms. The number of nitrogens with zero attached hydrogens (tertiary/aromatic N) is 4. The van der Waals surface area contributed by atoms with Crippen molar-refractivity contribution in [3.63, 3.8) is 0 Å². The van der Waals surface area contributed by atoms with E-state index in [1.807, 2.05) is 54.6 Å². The van der Waals surface area contributed by atoms with Crippen LogP contribution in [0.15, 0.2) is 88.4 Å². The number of aliphatic hydroxyl groups excluding tert-OH is 1. The second-order valence-electron chi connectivity index (χ2n) is 8.47. The van der Waals surface area contributed by atoms with E-state index < -0.39 is 0 Å². The van der Waals surface area contributed by atoms with Crippen molar-refractivity contribution in [2.24, 2.45) is 21.7 Å². The molecule has 1 fully saturated rings. The molecule has 0 radical (unpaired) electrons. The average Bonchev–Trinajstić information content (AvgIpc) is 3.10. The summed E-state index contributed by atoms with van der Waals surface area (Å²) < 4.78 is 5.79. The summed E-state index contributed by atoms with van der Waals surface area (Å²) in [6.07, 6.45) is 6.24. The van der Waals surface area contributed by atoms with Crippen LogP contribution in [0.4, 0.5) is 0 Å². The van der Waals surface area contributed by atoms with Crippen molar-refractivity contribution in [2.75, 3.05) is 0 Å². The number of aliphatic hydroxyl groups is 1. The summed E-state index contributed by atoms with van der Waals surface area (Å²) >= 11 is 6.72. The summed E-state index contributed by atoms with van der Waals surface area (Å²) in [6.45, 7) is 0. The van der Waals surface area contributed by atoms with Crippen molar-refractivity contribution >= 4 is 34.6 Å². The lowest BCUT2D eigenvalue weighted by molar-refractivity contribution is -0.750. The summed E-state index contributed by atoms with van der Waals surface area (Å²) in [5.74, 6) is 8.78. The molecule has 3 N–H and O–H groups in total. The fourth-order valence-electron chi connectivity index (χ4n) is 4.46. The molecule has 3 aliphatic rings. The molecule has 7 nitrogen and oxygen atoms in total. The standard InChI is InChI=1S/C25H21ClN5O2/c26-20-12-15-6-7-23(33-18-4-2-1-3-5-18)29-21(15)13-19(20)25-30-24(16-10-17(32)11-16)22-14-28-8-9-31(22,25)27/h1-9,12-14,16-17,32H,10-11,27H2/q+1. The zero-order chi connectivity index (χ0) is 22.6. The smallest absolute Gasteiger partial charge is 0.266 e. The number of hydrogen-bond acceptors (Lipinski definition) is 6. The van der Waals surface area contributed by atoms with Crippen LogP contribution in [-0.2, 0) is 0 Å². The molecule has 2 aliphatic heterocycles. The van der Waals surface area contributed by atoms with Crippen molar-refractivity contribution in [3.8, 4) is 11.6 Å². The van der Waals surface area contributed by atoms with Crippen molar-refractivity contribution in [1.29, 1.82) is 0 Å². The van der Waals surface area contributed by atoms with Gasteiger partial charge < -0.3 is 9.84 Å². The van der Waals surface area contributed by atoms with Crippen LogP contribution in [0.5, 0.6) is 11.6 Å². The summed E-state index contributed by atoms with van der Waals surface area (Å²) in [5.41, 5.74) is 3.08. The zero-order valence-electron chi connectivity index (χ0n) is 17.6. The number of aromatic nitrogens is 1. The van der Waals surface area contributed by atoms with Crippen molar-refractivity contribution in [3.05, 3.63) is 89.0 Å². The average molecular weight is 459 g/mol. The fourth-order valence-corrected chi connectivity index (χ4v) is 4.72. The SMILES string of the molecule is N[N+]12C=CN=CC1=C(C1CC(O)C1)N=C2c1cc2nc(Oc3ccccc3)ccc2cc1Cl. The van der Waals surface area contributed by atoms with Crippen LogP contribution >= 0.6 is 11.6 Å². The van der Waals surface area contributed by atoms with Gasteiger partial charge in [-0.3, -0.25) is 4.99 Å². The van der Waals surface area contributed by atoms with Gasteiger partial charge in [0.05, 0.1) is 34.6 Å². The van der Waals surface area contributed by atoms with Crippen LogP contribution in [0.3, 0.4) is 0 Å². The Bertz CT molecular complexity index is 1390. The van der Waals surface area contributed by atoms with Gasteiger partial charge in [-0.05, 0) is 43.2 Å². The maximum Gasteiger partial charge on any atom is 0.266 e. The molecule has 8 heteroatoms. The van der Waals surface area contributed by atoms with Crippen LogP contribution in [0.2, 0.25) is 5.02 Å². The minimum absolute atomic E-state index is 0.114. The van der Waals surface area contributed by atoms with Crippen LogP contribution in [0.25, 0.3) is 10.9 Å². The third-order valence-electron chi connectivity index (χ3n) is 6.28. The van der Waals surface area contributed by atoms with Crippen molar-refractivity contribution < 1.29 is 14.4 Å². The number of halogens is 1. The van der Waals surface area contributed by atoms with E-state index in [9.17, 15) is 5.11 Å². The summed E-state index contributed by atoms with van der Waals surface area (Å²) in [5, 5.41) is 11.2. The lowest BCUT2D eigenvalue weighted by Crippen LogP contribution is -2.53. The highest BCUT2D eigenvalue weighted by Crippen LogP contribution is 2.43. The van der Waals surface area contributed by atoms with Gasteiger partial charge in [-0.1, -0.05) is 29.8 Å². The lowest BCUT2D eigenvalue weighted by Gasteiger charge is -2.31. The quantitative estimate of drug-likeness (QED) is 0.439. The Hall–Kier alpha value is -3.36. The number of para-hydroxylation sites is 1. The molecular formula is C25H21ClN5O2+. The lowest BCUT2D eigenvalue weighted by atomic mass is 9.79. The van der Waals surface area contributed by atoms with Crippen molar-refractivity contribution in [2.45, 2.75) is 18.9 Å². The zero-order valence-corrected chi connectivity index (χ0v) is 18.4. The molecule has 33 heavy (non-hydrogen) atoms. The normalized spacial score (nSPS) is 25.7. The van der Waals surface area contributed by atoms with Gasteiger partial charge >= 0.3 is 0 Å². The Morgan fingerprint density at radius 2 is 1.91 bits per heavy atom. The maximum atomic E-state index is 9.82. The predicted octanol–water partition coefficient (Wildman–Crippen LogP) is 4.67. The number of allylic oxidation sites excluding steroid dienone is 2. The van der Waals surface area contributed by atoms with E-state index in [2.05, 4.69) is 9.98 Å². The highest BCUT2D eigenvalue weighted by atomic mass is 35.5. The highest BCUT2D eigenvalue weighted by molar-refractivity contribution is 6.34. The number of fused-ring (bicyclic) bond motifs is 2. The minimum atomic E-state index is -0.297. The second-order valence-corrected chi connectivity index (χ2v) is 8.88. The molecule has 2 aromatic carbocycles. The Kier molecular flexibility index (Phi) is 4.67. The van der Waals surface area contributed by atoms with Crippen LogP contribution in [0, 0.1) is 5.92 Å². The highest BCUT2D eigenvalue weighted by Gasteiger charge is 2.48. The first-order chi connectivity index (χ1) is 16.0. The summed E-state index contributed by atoms with van der Waals surface area (Å²) in [7, 11) is 0. The van der Waals surface area contributed by atoms with Gasteiger partial charge in [-0.15, -0.1) is 4.59 Å². The van der Waals surface area contributed by atoms with Gasteiger partial charge in [0.2, 0.25) is 11.6 Å². The molecule has 1 unspecified atom stereocenters.